The minimum absolute atomic E-state index is 0.152. The van der Waals surface area contributed by atoms with E-state index in [1.54, 1.807) is 30.6 Å². The van der Waals surface area contributed by atoms with Crippen LogP contribution < -0.4 is 10.7 Å². The van der Waals surface area contributed by atoms with Crippen LogP contribution in [0.2, 0.25) is 10.0 Å². The van der Waals surface area contributed by atoms with Crippen LogP contribution in [0.15, 0.2) is 47.8 Å². The van der Waals surface area contributed by atoms with Crippen molar-refractivity contribution in [3.8, 4) is 0 Å². The van der Waals surface area contributed by atoms with Crippen LogP contribution >= 0.6 is 23.2 Å². The van der Waals surface area contributed by atoms with Crippen LogP contribution in [0.4, 0.5) is 0 Å². The van der Waals surface area contributed by atoms with Crippen LogP contribution in [0.3, 0.4) is 0 Å². The molecule has 0 saturated carbocycles. The smallest absolute Gasteiger partial charge is 0.262 e. The summed E-state index contributed by atoms with van der Waals surface area (Å²) >= 11 is 11.9. The quantitative estimate of drug-likeness (QED) is 0.584. The molecular formula is C18H18Cl2N4O2. The topological polar surface area (TPSA) is 83.5 Å². The molecule has 1 atom stereocenters. The van der Waals surface area contributed by atoms with E-state index in [0.717, 1.165) is 5.56 Å². The standard InChI is InChI=1S/C18H18Cl2N4O2/c1-11(2)16(18(26)24-22-10-12-5-7-21-8-6-12)23-17(25)14-4-3-13(19)9-15(14)20/h3-11,16H,1-2H3,(H,23,25)(H,24,26). The van der Waals surface area contributed by atoms with Crippen molar-refractivity contribution in [2.75, 3.05) is 0 Å². The Kier molecular flexibility index (Phi) is 7.12. The number of nitrogens with one attached hydrogen (secondary N) is 2. The van der Waals surface area contributed by atoms with Gasteiger partial charge in [0.2, 0.25) is 0 Å². The fourth-order valence-electron chi connectivity index (χ4n) is 2.12. The number of nitrogens with zero attached hydrogens (tertiary/aromatic N) is 2. The molecule has 26 heavy (non-hydrogen) atoms. The molecule has 8 heteroatoms. The zero-order chi connectivity index (χ0) is 19.1. The maximum absolute atomic E-state index is 12.4. The Morgan fingerprint density at radius 3 is 2.46 bits per heavy atom. The average Bonchev–Trinajstić information content (AvgIpc) is 2.60. The van der Waals surface area contributed by atoms with E-state index in [1.165, 1.54) is 18.3 Å². The SMILES string of the molecule is CC(C)C(NC(=O)c1ccc(Cl)cc1Cl)C(=O)NN=Cc1ccncc1. The van der Waals surface area contributed by atoms with Crippen molar-refractivity contribution in [3.63, 3.8) is 0 Å². The van der Waals surface area contributed by atoms with Crippen LogP contribution in [0, 0.1) is 5.92 Å². The normalized spacial score (nSPS) is 12.2. The molecule has 1 heterocycles. The van der Waals surface area contributed by atoms with Gasteiger partial charge in [0.05, 0.1) is 16.8 Å². The first kappa shape index (κ1) is 19.9. The van der Waals surface area contributed by atoms with Gasteiger partial charge in [-0.05, 0) is 41.8 Å². The van der Waals surface area contributed by atoms with Gasteiger partial charge >= 0.3 is 0 Å². The van der Waals surface area contributed by atoms with Crippen molar-refractivity contribution < 1.29 is 9.59 Å². The van der Waals surface area contributed by atoms with Crippen molar-refractivity contribution in [1.82, 2.24) is 15.7 Å². The maximum Gasteiger partial charge on any atom is 0.262 e. The van der Waals surface area contributed by atoms with Gasteiger partial charge in [-0.15, -0.1) is 0 Å². The molecule has 0 fully saturated rings. The van der Waals surface area contributed by atoms with Crippen LogP contribution in [-0.4, -0.2) is 29.1 Å². The van der Waals surface area contributed by atoms with E-state index in [9.17, 15) is 9.59 Å². The van der Waals surface area contributed by atoms with Gasteiger partial charge in [-0.1, -0.05) is 37.0 Å². The minimum Gasteiger partial charge on any atom is -0.340 e. The molecule has 0 saturated heterocycles. The number of pyridine rings is 1. The molecule has 2 amide bonds. The monoisotopic (exact) mass is 392 g/mol. The fourth-order valence-corrected chi connectivity index (χ4v) is 2.61. The Hall–Kier alpha value is -2.44. The molecule has 1 aromatic heterocycles. The Morgan fingerprint density at radius 1 is 1.15 bits per heavy atom. The Labute approximate surface area is 161 Å². The molecule has 0 aliphatic carbocycles. The molecule has 136 valence electrons. The predicted octanol–water partition coefficient (Wildman–Crippen LogP) is 3.29. The number of aromatic nitrogens is 1. The van der Waals surface area contributed by atoms with Crippen molar-refractivity contribution in [2.45, 2.75) is 19.9 Å². The lowest BCUT2D eigenvalue weighted by Crippen LogP contribution is -2.48. The molecule has 0 aliphatic heterocycles. The first-order valence-electron chi connectivity index (χ1n) is 7.87. The van der Waals surface area contributed by atoms with Gasteiger partial charge in [0.25, 0.3) is 11.8 Å². The highest BCUT2D eigenvalue weighted by Gasteiger charge is 2.25. The van der Waals surface area contributed by atoms with E-state index < -0.39 is 17.9 Å². The zero-order valence-electron chi connectivity index (χ0n) is 14.2. The number of carbonyl (C=O) groups excluding carboxylic acids is 2. The largest absolute Gasteiger partial charge is 0.340 e. The van der Waals surface area contributed by atoms with Crippen LogP contribution in [0.1, 0.15) is 29.8 Å². The molecular weight excluding hydrogens is 375 g/mol. The number of hydrazone groups is 1. The average molecular weight is 393 g/mol. The van der Waals surface area contributed by atoms with E-state index in [2.05, 4.69) is 20.8 Å². The third-order valence-electron chi connectivity index (χ3n) is 3.51. The van der Waals surface area contributed by atoms with Gasteiger partial charge in [-0.2, -0.15) is 5.10 Å². The molecule has 0 bridgehead atoms. The molecule has 2 aromatic rings. The lowest BCUT2D eigenvalue weighted by molar-refractivity contribution is -0.123. The number of rotatable bonds is 6. The highest BCUT2D eigenvalue weighted by molar-refractivity contribution is 6.36. The van der Waals surface area contributed by atoms with E-state index in [0.29, 0.717) is 5.02 Å². The molecule has 0 aliphatic rings. The van der Waals surface area contributed by atoms with Crippen molar-refractivity contribution in [3.05, 3.63) is 63.9 Å². The van der Waals surface area contributed by atoms with E-state index in [-0.39, 0.29) is 16.5 Å². The van der Waals surface area contributed by atoms with Gasteiger partial charge in [0.1, 0.15) is 6.04 Å². The zero-order valence-corrected chi connectivity index (χ0v) is 15.8. The lowest BCUT2D eigenvalue weighted by atomic mass is 10.0. The Bertz CT molecular complexity index is 810. The number of hydrogen-bond donors (Lipinski definition) is 2. The van der Waals surface area contributed by atoms with Gasteiger partial charge in [-0.25, -0.2) is 5.43 Å². The summed E-state index contributed by atoms with van der Waals surface area (Å²) in [5.74, 6) is -1.04. The van der Waals surface area contributed by atoms with Gasteiger partial charge in [0, 0.05) is 17.4 Å². The summed E-state index contributed by atoms with van der Waals surface area (Å²) < 4.78 is 0. The van der Waals surface area contributed by atoms with Gasteiger partial charge in [-0.3, -0.25) is 14.6 Å². The minimum atomic E-state index is -0.774. The number of hydrogen-bond acceptors (Lipinski definition) is 4. The predicted molar refractivity (Wildman–Crippen MR) is 103 cm³/mol. The molecule has 0 radical (unpaired) electrons. The van der Waals surface area contributed by atoms with Crippen molar-refractivity contribution in [2.24, 2.45) is 11.0 Å². The second-order valence-corrected chi connectivity index (χ2v) is 6.68. The maximum atomic E-state index is 12.4. The fraction of sp³-hybridized carbons (Fsp3) is 0.222. The summed E-state index contributed by atoms with van der Waals surface area (Å²) in [5, 5.41) is 7.23. The summed E-state index contributed by atoms with van der Waals surface area (Å²) in [5.41, 5.74) is 3.47. The summed E-state index contributed by atoms with van der Waals surface area (Å²) in [6.45, 7) is 3.64. The summed E-state index contributed by atoms with van der Waals surface area (Å²) in [7, 11) is 0. The lowest BCUT2D eigenvalue weighted by Gasteiger charge is -2.20. The molecule has 1 unspecified atom stereocenters. The molecule has 0 spiro atoms. The molecule has 2 rings (SSSR count). The molecule has 6 nitrogen and oxygen atoms in total. The van der Waals surface area contributed by atoms with Gasteiger partial charge < -0.3 is 5.32 Å². The second kappa shape index (κ2) is 9.31. The first-order chi connectivity index (χ1) is 12.4. The number of carbonyl (C=O) groups is 2. The molecule has 1 aromatic carbocycles. The van der Waals surface area contributed by atoms with Crippen LogP contribution in [-0.2, 0) is 4.79 Å². The molecule has 2 N–H and O–H groups in total. The third kappa shape index (κ3) is 5.54. The van der Waals surface area contributed by atoms with Crippen LogP contribution in [0.5, 0.6) is 0 Å². The van der Waals surface area contributed by atoms with E-state index in [4.69, 9.17) is 23.2 Å². The van der Waals surface area contributed by atoms with E-state index >= 15 is 0 Å². The summed E-state index contributed by atoms with van der Waals surface area (Å²) in [6, 6.07) is 7.27. The second-order valence-electron chi connectivity index (χ2n) is 5.83. The Morgan fingerprint density at radius 2 is 1.85 bits per heavy atom. The third-order valence-corrected chi connectivity index (χ3v) is 4.05. The Balaban J connectivity index is 2.04. The highest BCUT2D eigenvalue weighted by Crippen LogP contribution is 2.21. The summed E-state index contributed by atoms with van der Waals surface area (Å²) in [6.07, 6.45) is 4.74. The van der Waals surface area contributed by atoms with Crippen molar-refractivity contribution in [1.29, 1.82) is 0 Å². The van der Waals surface area contributed by atoms with Crippen LogP contribution in [0.25, 0.3) is 0 Å². The van der Waals surface area contributed by atoms with Gasteiger partial charge in [0.15, 0.2) is 0 Å². The van der Waals surface area contributed by atoms with E-state index in [1.807, 2.05) is 13.8 Å². The summed E-state index contributed by atoms with van der Waals surface area (Å²) in [4.78, 5) is 28.7. The number of amides is 2. The highest BCUT2D eigenvalue weighted by atomic mass is 35.5. The number of halogens is 2. The first-order valence-corrected chi connectivity index (χ1v) is 8.63. The van der Waals surface area contributed by atoms with Crippen molar-refractivity contribution >= 4 is 41.2 Å². The number of benzene rings is 1.